The molecule has 2 aromatic heterocycles. The van der Waals surface area contributed by atoms with Crippen LogP contribution in [0.25, 0.3) is 0 Å². The molecule has 2 amide bonds. The summed E-state index contributed by atoms with van der Waals surface area (Å²) >= 11 is 0. The number of furan rings is 1. The van der Waals surface area contributed by atoms with E-state index in [0.29, 0.717) is 37.4 Å². The van der Waals surface area contributed by atoms with Crippen LogP contribution in [0.5, 0.6) is 0 Å². The van der Waals surface area contributed by atoms with Gasteiger partial charge in [-0.15, -0.1) is 0 Å². The first-order valence-electron chi connectivity index (χ1n) is 10.8. The van der Waals surface area contributed by atoms with Crippen LogP contribution in [0.15, 0.2) is 34.6 Å². The molecule has 0 unspecified atom stereocenters. The van der Waals surface area contributed by atoms with Crippen molar-refractivity contribution in [2.45, 2.75) is 65.5 Å². The maximum atomic E-state index is 12.8. The zero-order chi connectivity index (χ0) is 21.1. The Morgan fingerprint density at radius 2 is 2.10 bits per heavy atom. The van der Waals surface area contributed by atoms with Crippen molar-refractivity contribution in [3.8, 4) is 0 Å². The van der Waals surface area contributed by atoms with Gasteiger partial charge in [-0.05, 0) is 68.7 Å². The minimum Gasteiger partial charge on any atom is -0.469 e. The normalized spacial score (nSPS) is 16.1. The van der Waals surface area contributed by atoms with Crippen LogP contribution in [0.1, 0.15) is 70.6 Å². The summed E-state index contributed by atoms with van der Waals surface area (Å²) in [6, 6.07) is 1.68. The van der Waals surface area contributed by atoms with Crippen LogP contribution in [0.2, 0.25) is 0 Å². The predicted octanol–water partition coefficient (Wildman–Crippen LogP) is 4.00. The first-order chi connectivity index (χ1) is 14.5. The van der Waals surface area contributed by atoms with Crippen LogP contribution in [0.4, 0.5) is 0 Å². The van der Waals surface area contributed by atoms with E-state index in [-0.39, 0.29) is 11.8 Å². The number of nitrogens with one attached hydrogen (secondary N) is 1. The molecule has 2 aromatic rings. The third kappa shape index (κ3) is 4.32. The summed E-state index contributed by atoms with van der Waals surface area (Å²) in [6.45, 7) is 5.48. The molecular weight excluding hydrogens is 378 g/mol. The van der Waals surface area contributed by atoms with Crippen molar-refractivity contribution < 1.29 is 14.0 Å². The van der Waals surface area contributed by atoms with E-state index in [9.17, 15) is 9.59 Å². The lowest BCUT2D eigenvalue weighted by molar-refractivity contribution is -0.131. The van der Waals surface area contributed by atoms with E-state index in [2.05, 4.69) is 16.4 Å². The molecule has 3 heterocycles. The Morgan fingerprint density at radius 3 is 2.83 bits per heavy atom. The number of aryl methyl sites for hydroxylation is 2. The number of pyridine rings is 1. The van der Waals surface area contributed by atoms with E-state index in [0.717, 1.165) is 36.1 Å². The molecule has 4 rings (SSSR count). The lowest BCUT2D eigenvalue weighted by Gasteiger charge is -2.31. The van der Waals surface area contributed by atoms with Crippen LogP contribution in [-0.2, 0) is 24.3 Å². The van der Waals surface area contributed by atoms with Crippen molar-refractivity contribution in [1.82, 2.24) is 15.2 Å². The molecule has 0 spiro atoms. The molecule has 1 aliphatic heterocycles. The molecule has 0 fully saturated rings. The van der Waals surface area contributed by atoms with Crippen molar-refractivity contribution in [2.75, 3.05) is 6.54 Å². The molecule has 1 N–H and O–H groups in total. The fourth-order valence-corrected chi connectivity index (χ4v) is 4.43. The fraction of sp³-hybridized carbons (Fsp3) is 0.458. The number of carbonyl (C=O) groups excluding carboxylic acids is 2. The standard InChI is InChI=1S/C24H29N3O3/c1-16-22(14-26-24(29)20-9-11-30-17(20)2)21-8-10-27(15-19(21)13-25-16)23(28)12-18-6-4-3-5-7-18/h6,9,11,13H,3-5,7-8,10,12,14-15H2,1-2H3,(H,26,29). The van der Waals surface area contributed by atoms with Crippen LogP contribution >= 0.6 is 0 Å². The van der Waals surface area contributed by atoms with Gasteiger partial charge in [-0.25, -0.2) is 0 Å². The quantitative estimate of drug-likeness (QED) is 0.760. The summed E-state index contributed by atoms with van der Waals surface area (Å²) in [5, 5.41) is 2.99. The number of hydrogen-bond acceptors (Lipinski definition) is 4. The molecule has 30 heavy (non-hydrogen) atoms. The second-order valence-electron chi connectivity index (χ2n) is 8.25. The van der Waals surface area contributed by atoms with Crippen LogP contribution in [0.3, 0.4) is 0 Å². The Kier molecular flexibility index (Phi) is 6.02. The molecule has 158 valence electrons. The zero-order valence-electron chi connectivity index (χ0n) is 17.8. The van der Waals surface area contributed by atoms with E-state index in [1.807, 2.05) is 18.0 Å². The van der Waals surface area contributed by atoms with Gasteiger partial charge in [0.1, 0.15) is 5.76 Å². The van der Waals surface area contributed by atoms with Gasteiger partial charge >= 0.3 is 0 Å². The maximum absolute atomic E-state index is 12.8. The lowest BCUT2D eigenvalue weighted by atomic mass is 9.93. The van der Waals surface area contributed by atoms with Gasteiger partial charge in [-0.2, -0.15) is 0 Å². The molecule has 0 atom stereocenters. The molecule has 6 heteroatoms. The summed E-state index contributed by atoms with van der Waals surface area (Å²) in [6.07, 6.45) is 11.6. The first kappa shape index (κ1) is 20.4. The van der Waals surface area contributed by atoms with Crippen molar-refractivity contribution >= 4 is 11.8 Å². The third-order valence-electron chi connectivity index (χ3n) is 6.24. The summed E-state index contributed by atoms with van der Waals surface area (Å²) in [7, 11) is 0. The molecule has 0 bridgehead atoms. The van der Waals surface area contributed by atoms with E-state index in [4.69, 9.17) is 4.42 Å². The average molecular weight is 408 g/mol. The van der Waals surface area contributed by atoms with E-state index >= 15 is 0 Å². The fourth-order valence-electron chi connectivity index (χ4n) is 4.43. The van der Waals surface area contributed by atoms with Crippen molar-refractivity contribution in [3.63, 3.8) is 0 Å². The Labute approximate surface area is 177 Å². The van der Waals surface area contributed by atoms with Gasteiger partial charge in [0.25, 0.3) is 5.91 Å². The van der Waals surface area contributed by atoms with Crippen molar-refractivity contribution in [2.24, 2.45) is 0 Å². The minimum absolute atomic E-state index is 0.147. The number of fused-ring (bicyclic) bond motifs is 1. The molecule has 2 aliphatic rings. The highest BCUT2D eigenvalue weighted by Crippen LogP contribution is 2.26. The summed E-state index contributed by atoms with van der Waals surface area (Å²) < 4.78 is 5.23. The smallest absolute Gasteiger partial charge is 0.255 e. The topological polar surface area (TPSA) is 75.4 Å². The van der Waals surface area contributed by atoms with Crippen LogP contribution in [0, 0.1) is 13.8 Å². The number of nitrogens with zero attached hydrogens (tertiary/aromatic N) is 2. The average Bonchev–Trinajstić information content (AvgIpc) is 3.19. The first-order valence-corrected chi connectivity index (χ1v) is 10.8. The molecule has 1 aliphatic carbocycles. The van der Waals surface area contributed by atoms with Crippen molar-refractivity contribution in [1.29, 1.82) is 0 Å². The van der Waals surface area contributed by atoms with Crippen LogP contribution < -0.4 is 5.32 Å². The van der Waals surface area contributed by atoms with Gasteiger partial charge in [0.05, 0.1) is 11.8 Å². The molecule has 0 saturated heterocycles. The van der Waals surface area contributed by atoms with E-state index in [1.54, 1.807) is 13.0 Å². The summed E-state index contributed by atoms with van der Waals surface area (Å²) in [5.74, 6) is 0.672. The Bertz CT molecular complexity index is 990. The number of carbonyl (C=O) groups is 2. The third-order valence-corrected chi connectivity index (χ3v) is 6.24. The number of aromatic nitrogens is 1. The van der Waals surface area contributed by atoms with E-state index in [1.165, 1.54) is 30.2 Å². The predicted molar refractivity (Wildman–Crippen MR) is 114 cm³/mol. The second-order valence-corrected chi connectivity index (χ2v) is 8.25. The SMILES string of the molecule is Cc1ncc2c(c1CNC(=O)c1ccoc1C)CCN(C(=O)CC1=CCCCC1)C2. The molecule has 6 nitrogen and oxygen atoms in total. The van der Waals surface area contributed by atoms with Gasteiger partial charge in [0, 0.05) is 37.9 Å². The number of amides is 2. The van der Waals surface area contributed by atoms with Crippen molar-refractivity contribution in [3.05, 3.63) is 63.9 Å². The van der Waals surface area contributed by atoms with Crippen LogP contribution in [-0.4, -0.2) is 28.2 Å². The minimum atomic E-state index is -0.147. The highest BCUT2D eigenvalue weighted by Gasteiger charge is 2.25. The van der Waals surface area contributed by atoms with Gasteiger partial charge < -0.3 is 14.6 Å². The van der Waals surface area contributed by atoms with Gasteiger partial charge in [0.2, 0.25) is 5.91 Å². The number of hydrogen-bond donors (Lipinski definition) is 1. The molecule has 0 saturated carbocycles. The van der Waals surface area contributed by atoms with Gasteiger partial charge in [0.15, 0.2) is 0 Å². The number of allylic oxidation sites excluding steroid dienone is 1. The molecule has 0 radical (unpaired) electrons. The Morgan fingerprint density at radius 1 is 1.23 bits per heavy atom. The van der Waals surface area contributed by atoms with Gasteiger partial charge in [-0.3, -0.25) is 14.6 Å². The van der Waals surface area contributed by atoms with Gasteiger partial charge in [-0.1, -0.05) is 11.6 Å². The highest BCUT2D eigenvalue weighted by atomic mass is 16.3. The summed E-state index contributed by atoms with van der Waals surface area (Å²) in [4.78, 5) is 31.8. The lowest BCUT2D eigenvalue weighted by Crippen LogP contribution is -2.37. The molecular formula is C24H29N3O3. The zero-order valence-corrected chi connectivity index (χ0v) is 17.8. The Balaban J connectivity index is 1.44. The highest BCUT2D eigenvalue weighted by molar-refractivity contribution is 5.95. The molecule has 0 aromatic carbocycles. The second kappa shape index (κ2) is 8.86. The Hall–Kier alpha value is -2.89. The number of rotatable bonds is 5. The maximum Gasteiger partial charge on any atom is 0.255 e. The van der Waals surface area contributed by atoms with E-state index < -0.39 is 0 Å². The largest absolute Gasteiger partial charge is 0.469 e. The summed E-state index contributed by atoms with van der Waals surface area (Å²) in [5.41, 5.74) is 6.12. The monoisotopic (exact) mass is 407 g/mol.